The van der Waals surface area contributed by atoms with Crippen molar-refractivity contribution in [1.82, 2.24) is 0 Å². The van der Waals surface area contributed by atoms with Crippen molar-refractivity contribution < 1.29 is 19.1 Å². The lowest BCUT2D eigenvalue weighted by Gasteiger charge is -1.97. The van der Waals surface area contributed by atoms with E-state index in [0.717, 1.165) is 0 Å². The molecule has 0 saturated carbocycles. The SMILES string of the molecule is COC(=O)CCOCC=O. The average molecular weight is 146 g/mol. The molecule has 0 bridgehead atoms. The minimum atomic E-state index is -0.328. The van der Waals surface area contributed by atoms with Crippen molar-refractivity contribution in [2.75, 3.05) is 20.3 Å². The van der Waals surface area contributed by atoms with E-state index in [4.69, 9.17) is 0 Å². The molecular formula is C6H10O4. The van der Waals surface area contributed by atoms with Gasteiger partial charge in [0.1, 0.15) is 12.9 Å². The zero-order valence-electron chi connectivity index (χ0n) is 5.83. The van der Waals surface area contributed by atoms with Gasteiger partial charge in [0.2, 0.25) is 0 Å². The predicted octanol–water partition coefficient (Wildman–Crippen LogP) is -0.235. The molecule has 4 heteroatoms. The number of methoxy groups -OCH3 is 1. The van der Waals surface area contributed by atoms with Crippen molar-refractivity contribution in [3.8, 4) is 0 Å². The van der Waals surface area contributed by atoms with E-state index in [2.05, 4.69) is 9.47 Å². The third kappa shape index (κ3) is 5.24. The van der Waals surface area contributed by atoms with Crippen LogP contribution in [0.4, 0.5) is 0 Å². The van der Waals surface area contributed by atoms with Gasteiger partial charge in [-0.2, -0.15) is 0 Å². The maximum absolute atomic E-state index is 10.4. The van der Waals surface area contributed by atoms with Gasteiger partial charge in [0.15, 0.2) is 0 Å². The van der Waals surface area contributed by atoms with Gasteiger partial charge < -0.3 is 14.3 Å². The topological polar surface area (TPSA) is 52.6 Å². The molecule has 0 radical (unpaired) electrons. The maximum Gasteiger partial charge on any atom is 0.307 e. The highest BCUT2D eigenvalue weighted by Crippen LogP contribution is 1.84. The molecule has 0 spiro atoms. The number of carbonyl (C=O) groups excluding carboxylic acids is 2. The van der Waals surface area contributed by atoms with Gasteiger partial charge in [0.05, 0.1) is 20.1 Å². The van der Waals surface area contributed by atoms with Gasteiger partial charge in [0, 0.05) is 0 Å². The van der Waals surface area contributed by atoms with Crippen LogP contribution >= 0.6 is 0 Å². The number of aldehydes is 1. The lowest BCUT2D eigenvalue weighted by Crippen LogP contribution is -2.06. The molecule has 10 heavy (non-hydrogen) atoms. The molecule has 0 fully saturated rings. The van der Waals surface area contributed by atoms with E-state index in [9.17, 15) is 9.59 Å². The van der Waals surface area contributed by atoms with Crippen molar-refractivity contribution in [3.05, 3.63) is 0 Å². The van der Waals surface area contributed by atoms with Crippen LogP contribution in [0.2, 0.25) is 0 Å². The van der Waals surface area contributed by atoms with Gasteiger partial charge in [-0.1, -0.05) is 0 Å². The molecule has 58 valence electrons. The zero-order chi connectivity index (χ0) is 7.82. The first-order valence-corrected chi connectivity index (χ1v) is 2.89. The minimum Gasteiger partial charge on any atom is -0.469 e. The van der Waals surface area contributed by atoms with Crippen molar-refractivity contribution in [2.45, 2.75) is 6.42 Å². The van der Waals surface area contributed by atoms with Gasteiger partial charge >= 0.3 is 5.97 Å². The van der Waals surface area contributed by atoms with Crippen LogP contribution < -0.4 is 0 Å². The second-order valence-electron chi connectivity index (χ2n) is 1.57. The first-order valence-electron chi connectivity index (χ1n) is 2.89. The minimum absolute atomic E-state index is 0.0387. The van der Waals surface area contributed by atoms with Gasteiger partial charge in [-0.25, -0.2) is 0 Å². The van der Waals surface area contributed by atoms with Crippen LogP contribution in [0.25, 0.3) is 0 Å². The maximum atomic E-state index is 10.4. The molecule has 0 atom stereocenters. The van der Waals surface area contributed by atoms with E-state index in [1.165, 1.54) is 7.11 Å². The van der Waals surface area contributed by atoms with Gasteiger partial charge in [-0.05, 0) is 0 Å². The highest BCUT2D eigenvalue weighted by Gasteiger charge is 1.97. The fourth-order valence-corrected chi connectivity index (χ4v) is 0.389. The molecule has 4 nitrogen and oxygen atoms in total. The molecule has 0 aromatic rings. The number of carbonyl (C=O) groups is 2. The second kappa shape index (κ2) is 6.22. The van der Waals surface area contributed by atoms with Crippen LogP contribution in [0.5, 0.6) is 0 Å². The Morgan fingerprint density at radius 1 is 1.60 bits per heavy atom. The summed E-state index contributed by atoms with van der Waals surface area (Å²) in [7, 11) is 1.31. The molecule has 0 heterocycles. The summed E-state index contributed by atoms with van der Waals surface area (Å²) in [6.07, 6.45) is 0.835. The monoisotopic (exact) mass is 146 g/mol. The van der Waals surface area contributed by atoms with E-state index in [-0.39, 0.29) is 25.6 Å². The van der Waals surface area contributed by atoms with Crippen molar-refractivity contribution in [3.63, 3.8) is 0 Å². The number of ether oxygens (including phenoxy) is 2. The molecular weight excluding hydrogens is 136 g/mol. The Morgan fingerprint density at radius 2 is 2.30 bits per heavy atom. The number of esters is 1. The number of hydrogen-bond acceptors (Lipinski definition) is 4. The zero-order valence-corrected chi connectivity index (χ0v) is 5.83. The molecule has 0 rings (SSSR count). The van der Waals surface area contributed by atoms with E-state index >= 15 is 0 Å². The summed E-state index contributed by atoms with van der Waals surface area (Å²) in [6.45, 7) is 0.280. The van der Waals surface area contributed by atoms with E-state index in [0.29, 0.717) is 6.29 Å². The lowest BCUT2D eigenvalue weighted by molar-refractivity contribution is -0.142. The third-order valence-corrected chi connectivity index (χ3v) is 0.864. The fourth-order valence-electron chi connectivity index (χ4n) is 0.389. The summed E-state index contributed by atoms with van der Waals surface area (Å²) >= 11 is 0. The first kappa shape index (κ1) is 9.10. The molecule has 0 aromatic heterocycles. The van der Waals surface area contributed by atoms with Crippen molar-refractivity contribution >= 4 is 12.3 Å². The molecule has 0 aliphatic rings. The second-order valence-corrected chi connectivity index (χ2v) is 1.57. The summed E-state index contributed by atoms with van der Waals surface area (Å²) in [5.74, 6) is -0.328. The van der Waals surface area contributed by atoms with Gasteiger partial charge in [-0.15, -0.1) is 0 Å². The van der Waals surface area contributed by atoms with Crippen LogP contribution in [0.15, 0.2) is 0 Å². The molecule has 0 aromatic carbocycles. The van der Waals surface area contributed by atoms with Crippen LogP contribution in [-0.2, 0) is 19.1 Å². The summed E-state index contributed by atoms with van der Waals surface area (Å²) in [5.41, 5.74) is 0. The lowest BCUT2D eigenvalue weighted by atomic mass is 10.5. The van der Waals surface area contributed by atoms with Crippen molar-refractivity contribution in [1.29, 1.82) is 0 Å². The van der Waals surface area contributed by atoms with E-state index in [1.54, 1.807) is 0 Å². The number of hydrogen-bond donors (Lipinski definition) is 0. The highest BCUT2D eigenvalue weighted by atomic mass is 16.5. The normalized spacial score (nSPS) is 8.90. The summed E-state index contributed by atoms with van der Waals surface area (Å²) in [5, 5.41) is 0. The molecule has 0 aliphatic carbocycles. The van der Waals surface area contributed by atoms with Crippen LogP contribution in [-0.4, -0.2) is 32.6 Å². The standard InChI is InChI=1S/C6H10O4/c1-9-6(8)2-4-10-5-3-7/h3H,2,4-5H2,1H3. The molecule has 0 amide bonds. The Kier molecular flexibility index (Phi) is 5.66. The highest BCUT2D eigenvalue weighted by molar-refractivity contribution is 5.69. The summed E-state index contributed by atoms with van der Waals surface area (Å²) < 4.78 is 9.01. The Hall–Kier alpha value is -0.900. The van der Waals surface area contributed by atoms with Crippen LogP contribution in [0.1, 0.15) is 6.42 Å². The Morgan fingerprint density at radius 3 is 2.80 bits per heavy atom. The van der Waals surface area contributed by atoms with Gasteiger partial charge in [0.25, 0.3) is 0 Å². The molecule has 0 saturated heterocycles. The Bertz CT molecular complexity index is 110. The fraction of sp³-hybridized carbons (Fsp3) is 0.667. The Balaban J connectivity index is 3.03. The van der Waals surface area contributed by atoms with Crippen LogP contribution in [0, 0.1) is 0 Å². The smallest absolute Gasteiger partial charge is 0.307 e. The third-order valence-electron chi connectivity index (χ3n) is 0.864. The average Bonchev–Trinajstić information content (AvgIpc) is 1.98. The number of rotatable bonds is 5. The van der Waals surface area contributed by atoms with E-state index < -0.39 is 0 Å². The quantitative estimate of drug-likeness (QED) is 0.305. The summed E-state index contributed by atoms with van der Waals surface area (Å²) in [4.78, 5) is 20.1. The Labute approximate surface area is 59.1 Å². The largest absolute Gasteiger partial charge is 0.469 e. The summed E-state index contributed by atoms with van der Waals surface area (Å²) in [6, 6.07) is 0. The van der Waals surface area contributed by atoms with E-state index in [1.807, 2.05) is 0 Å². The van der Waals surface area contributed by atoms with Crippen molar-refractivity contribution in [2.24, 2.45) is 0 Å². The molecule has 0 aliphatic heterocycles. The molecule has 0 N–H and O–H groups in total. The van der Waals surface area contributed by atoms with Gasteiger partial charge in [-0.3, -0.25) is 4.79 Å². The first-order chi connectivity index (χ1) is 4.81. The molecule has 0 unspecified atom stereocenters. The van der Waals surface area contributed by atoms with Crippen LogP contribution in [0.3, 0.4) is 0 Å². The predicted molar refractivity (Wildman–Crippen MR) is 33.5 cm³/mol.